The molecule has 0 saturated heterocycles. The Bertz CT molecular complexity index is 1110. The monoisotopic (exact) mass is 422 g/mol. The van der Waals surface area contributed by atoms with E-state index in [9.17, 15) is 14.7 Å². The molecule has 1 aliphatic heterocycles. The lowest BCUT2D eigenvalue weighted by Gasteiger charge is -2.24. The number of amides is 1. The highest BCUT2D eigenvalue weighted by molar-refractivity contribution is 6.19. The van der Waals surface area contributed by atoms with Crippen LogP contribution in [0.5, 0.6) is 5.75 Å². The van der Waals surface area contributed by atoms with Crippen LogP contribution in [0.2, 0.25) is 0 Å². The van der Waals surface area contributed by atoms with Gasteiger partial charge in [0.05, 0.1) is 24.5 Å². The molecule has 1 aliphatic rings. The van der Waals surface area contributed by atoms with Crippen molar-refractivity contribution < 1.29 is 28.4 Å². The number of unbranched alkanes of at least 4 members (excludes halogenated alkanes) is 1. The number of benzene rings is 1. The first-order valence-electron chi connectivity index (χ1n) is 10.0. The quantitative estimate of drug-likeness (QED) is 0.420. The van der Waals surface area contributed by atoms with Gasteiger partial charge in [-0.3, -0.25) is 14.5 Å². The Morgan fingerprint density at radius 2 is 2.03 bits per heavy atom. The highest BCUT2D eigenvalue weighted by Gasteiger charge is 2.46. The lowest BCUT2D eigenvalue weighted by Crippen LogP contribution is -2.31. The average Bonchev–Trinajstić information content (AvgIpc) is 3.50. The summed E-state index contributed by atoms with van der Waals surface area (Å²) in [6, 6.07) is 10.8. The molecule has 4 rings (SSSR count). The van der Waals surface area contributed by atoms with E-state index < -0.39 is 23.5 Å². The van der Waals surface area contributed by atoms with Gasteiger partial charge in [-0.15, -0.1) is 0 Å². The summed E-state index contributed by atoms with van der Waals surface area (Å²) < 4.78 is 16.0. The molecular formula is C23H22N2O6. The van der Waals surface area contributed by atoms with Gasteiger partial charge in [0, 0.05) is 6.07 Å². The molecule has 8 nitrogen and oxygen atoms in total. The van der Waals surface area contributed by atoms with Gasteiger partial charge in [0.15, 0.2) is 17.3 Å². The third-order valence-electron chi connectivity index (χ3n) is 5.02. The smallest absolute Gasteiger partial charge is 0.295 e. The number of ether oxygens (including phenoxy) is 1. The van der Waals surface area contributed by atoms with Crippen LogP contribution in [0.1, 0.15) is 47.7 Å². The van der Waals surface area contributed by atoms with Gasteiger partial charge in [0.2, 0.25) is 5.78 Å². The zero-order chi connectivity index (χ0) is 22.0. The zero-order valence-corrected chi connectivity index (χ0v) is 17.2. The topological polar surface area (TPSA) is 106 Å². The van der Waals surface area contributed by atoms with Crippen LogP contribution in [0, 0.1) is 6.92 Å². The van der Waals surface area contributed by atoms with Crippen molar-refractivity contribution in [1.29, 1.82) is 0 Å². The number of ketones is 1. The second-order valence-electron chi connectivity index (χ2n) is 7.21. The molecule has 0 radical (unpaired) electrons. The van der Waals surface area contributed by atoms with Crippen molar-refractivity contribution in [2.75, 3.05) is 11.5 Å². The van der Waals surface area contributed by atoms with Crippen molar-refractivity contribution in [2.45, 2.75) is 32.7 Å². The summed E-state index contributed by atoms with van der Waals surface area (Å²) in [5.41, 5.74) is 0.524. The first-order chi connectivity index (χ1) is 15.0. The molecule has 2 aromatic heterocycles. The largest absolute Gasteiger partial charge is 0.503 e. The van der Waals surface area contributed by atoms with Crippen LogP contribution in [-0.2, 0) is 4.79 Å². The van der Waals surface area contributed by atoms with Crippen molar-refractivity contribution in [1.82, 2.24) is 5.16 Å². The van der Waals surface area contributed by atoms with E-state index in [0.717, 1.165) is 12.8 Å². The van der Waals surface area contributed by atoms with Crippen LogP contribution in [-0.4, -0.2) is 28.6 Å². The Morgan fingerprint density at radius 1 is 1.26 bits per heavy atom. The van der Waals surface area contributed by atoms with Crippen LogP contribution in [0.4, 0.5) is 5.82 Å². The maximum Gasteiger partial charge on any atom is 0.295 e. The Morgan fingerprint density at radius 3 is 2.65 bits per heavy atom. The van der Waals surface area contributed by atoms with Crippen LogP contribution >= 0.6 is 0 Å². The minimum Gasteiger partial charge on any atom is -0.503 e. The summed E-state index contributed by atoms with van der Waals surface area (Å²) in [5.74, 6) is -0.566. The fourth-order valence-corrected chi connectivity index (χ4v) is 3.48. The second-order valence-corrected chi connectivity index (χ2v) is 7.21. The van der Waals surface area contributed by atoms with Crippen LogP contribution < -0.4 is 9.64 Å². The molecule has 1 amide bonds. The third-order valence-corrected chi connectivity index (χ3v) is 5.02. The highest BCUT2D eigenvalue weighted by atomic mass is 16.5. The molecular weight excluding hydrogens is 400 g/mol. The Hall–Kier alpha value is -3.81. The Balaban J connectivity index is 1.75. The summed E-state index contributed by atoms with van der Waals surface area (Å²) in [5, 5.41) is 14.6. The van der Waals surface area contributed by atoms with Gasteiger partial charge < -0.3 is 18.8 Å². The summed E-state index contributed by atoms with van der Waals surface area (Å²) in [4.78, 5) is 27.3. The lowest BCUT2D eigenvalue weighted by atomic mass is 9.95. The molecule has 0 saturated carbocycles. The van der Waals surface area contributed by atoms with E-state index in [1.165, 1.54) is 17.2 Å². The van der Waals surface area contributed by atoms with E-state index in [0.29, 0.717) is 23.7 Å². The number of furan rings is 1. The number of hydrogen-bond donors (Lipinski definition) is 1. The summed E-state index contributed by atoms with van der Waals surface area (Å²) in [6.07, 6.45) is 3.32. The predicted octanol–water partition coefficient (Wildman–Crippen LogP) is 4.54. The molecule has 0 aliphatic carbocycles. The number of aliphatic hydroxyl groups is 1. The minimum atomic E-state index is -0.903. The molecule has 0 fully saturated rings. The van der Waals surface area contributed by atoms with Crippen LogP contribution in [0.25, 0.3) is 0 Å². The van der Waals surface area contributed by atoms with Crippen molar-refractivity contribution >= 4 is 17.5 Å². The first-order valence-corrected chi connectivity index (χ1v) is 10.0. The van der Waals surface area contributed by atoms with E-state index in [1.807, 2.05) is 0 Å². The summed E-state index contributed by atoms with van der Waals surface area (Å²) in [7, 11) is 0. The molecule has 8 heteroatoms. The van der Waals surface area contributed by atoms with Gasteiger partial charge in [-0.25, -0.2) is 0 Å². The lowest BCUT2D eigenvalue weighted by molar-refractivity contribution is -0.117. The number of rotatable bonds is 8. The standard InChI is InChI=1S/C23H22N2O6/c1-3-4-11-29-16-9-7-15(8-10-16)20-19(21(26)17-6-5-12-30-17)22(27)23(28)25(20)18-13-14(2)31-24-18/h5-10,12-13,20,27H,3-4,11H2,1-2H3/t20-/m0/s1. The SMILES string of the molecule is CCCCOc1ccc([C@H]2C(C(=O)c3ccco3)=C(O)C(=O)N2c2cc(C)on2)cc1. The summed E-state index contributed by atoms with van der Waals surface area (Å²) in [6.45, 7) is 4.38. The van der Waals surface area contributed by atoms with Gasteiger partial charge in [-0.2, -0.15) is 0 Å². The van der Waals surface area contributed by atoms with Gasteiger partial charge in [0.25, 0.3) is 5.91 Å². The molecule has 0 bridgehead atoms. The van der Waals surface area contributed by atoms with Crippen molar-refractivity contribution in [3.8, 4) is 5.75 Å². The highest BCUT2D eigenvalue weighted by Crippen LogP contribution is 2.42. The number of aromatic nitrogens is 1. The molecule has 3 heterocycles. The first kappa shape index (κ1) is 20.5. The zero-order valence-electron chi connectivity index (χ0n) is 17.2. The van der Waals surface area contributed by atoms with Gasteiger partial charge in [0.1, 0.15) is 11.5 Å². The van der Waals surface area contributed by atoms with Gasteiger partial charge >= 0.3 is 0 Å². The predicted molar refractivity (Wildman–Crippen MR) is 111 cm³/mol. The molecule has 1 atom stereocenters. The number of aryl methyl sites for hydroxylation is 1. The molecule has 0 unspecified atom stereocenters. The van der Waals surface area contributed by atoms with E-state index in [1.54, 1.807) is 43.3 Å². The van der Waals surface area contributed by atoms with Crippen molar-refractivity contribution in [3.63, 3.8) is 0 Å². The number of hydrogen-bond acceptors (Lipinski definition) is 7. The maximum absolute atomic E-state index is 13.1. The normalized spacial score (nSPS) is 16.3. The maximum atomic E-state index is 13.1. The van der Waals surface area contributed by atoms with Crippen LogP contribution in [0.15, 0.2) is 69.0 Å². The molecule has 0 spiro atoms. The van der Waals surface area contributed by atoms with E-state index in [2.05, 4.69) is 12.1 Å². The van der Waals surface area contributed by atoms with Crippen molar-refractivity contribution in [3.05, 3.63) is 77.1 Å². The Labute approximate surface area is 178 Å². The fraction of sp³-hybridized carbons (Fsp3) is 0.261. The molecule has 160 valence electrons. The van der Waals surface area contributed by atoms with E-state index in [4.69, 9.17) is 13.7 Å². The number of carbonyl (C=O) groups is 2. The van der Waals surface area contributed by atoms with Crippen molar-refractivity contribution in [2.24, 2.45) is 0 Å². The number of carbonyl (C=O) groups excluding carboxylic acids is 2. The molecule has 1 N–H and O–H groups in total. The van der Waals surface area contributed by atoms with E-state index in [-0.39, 0.29) is 17.2 Å². The minimum absolute atomic E-state index is 0.0250. The second kappa shape index (κ2) is 8.51. The average molecular weight is 422 g/mol. The summed E-state index contributed by atoms with van der Waals surface area (Å²) >= 11 is 0. The van der Waals surface area contributed by atoms with Gasteiger partial charge in [-0.05, 0) is 43.2 Å². The third kappa shape index (κ3) is 3.84. The van der Waals surface area contributed by atoms with Crippen LogP contribution in [0.3, 0.4) is 0 Å². The number of Topliss-reactive ketones (excluding diaryl/α,β-unsaturated/α-hetero) is 1. The Kier molecular flexibility index (Phi) is 5.62. The molecule has 1 aromatic carbocycles. The fourth-order valence-electron chi connectivity index (χ4n) is 3.48. The van der Waals surface area contributed by atoms with Gasteiger partial charge in [-0.1, -0.05) is 30.6 Å². The number of aliphatic hydroxyl groups excluding tert-OH is 1. The molecule has 31 heavy (non-hydrogen) atoms. The number of anilines is 1. The number of nitrogens with zero attached hydrogens (tertiary/aromatic N) is 2. The molecule has 3 aromatic rings. The van der Waals surface area contributed by atoms with E-state index >= 15 is 0 Å².